The molecular formula is C14H15FN2O. The van der Waals surface area contributed by atoms with Gasteiger partial charge in [-0.1, -0.05) is 0 Å². The van der Waals surface area contributed by atoms with E-state index in [1.165, 1.54) is 6.07 Å². The average molecular weight is 246 g/mol. The summed E-state index contributed by atoms with van der Waals surface area (Å²) in [7, 11) is 0. The van der Waals surface area contributed by atoms with Gasteiger partial charge in [-0.15, -0.1) is 0 Å². The van der Waals surface area contributed by atoms with Gasteiger partial charge >= 0.3 is 0 Å². The largest absolute Gasteiger partial charge is 0.381 e. The van der Waals surface area contributed by atoms with Crippen molar-refractivity contribution in [2.24, 2.45) is 5.41 Å². The van der Waals surface area contributed by atoms with Crippen molar-refractivity contribution >= 4 is 5.69 Å². The lowest BCUT2D eigenvalue weighted by Gasteiger charge is -2.53. The Bertz CT molecular complexity index is 495. The zero-order valence-electron chi connectivity index (χ0n) is 10.2. The summed E-state index contributed by atoms with van der Waals surface area (Å²) in [4.78, 5) is 2.06. The van der Waals surface area contributed by atoms with E-state index in [-0.39, 0.29) is 5.82 Å². The van der Waals surface area contributed by atoms with Crippen molar-refractivity contribution in [1.82, 2.24) is 0 Å². The number of rotatable bonds is 1. The average Bonchev–Trinajstić information content (AvgIpc) is 2.37. The topological polar surface area (TPSA) is 36.3 Å². The van der Waals surface area contributed by atoms with Gasteiger partial charge in [-0.25, -0.2) is 4.39 Å². The maximum absolute atomic E-state index is 13.8. The van der Waals surface area contributed by atoms with E-state index in [4.69, 9.17) is 10.00 Å². The van der Waals surface area contributed by atoms with Gasteiger partial charge in [0.05, 0.1) is 17.3 Å². The third-order valence-corrected chi connectivity index (χ3v) is 4.02. The van der Waals surface area contributed by atoms with Crippen LogP contribution >= 0.6 is 0 Å². The molecule has 0 atom stereocenters. The predicted octanol–water partition coefficient (Wildman–Crippen LogP) is 2.31. The van der Waals surface area contributed by atoms with E-state index in [1.54, 1.807) is 12.1 Å². The van der Waals surface area contributed by atoms with E-state index in [9.17, 15) is 4.39 Å². The van der Waals surface area contributed by atoms with Crippen LogP contribution in [-0.4, -0.2) is 26.3 Å². The molecule has 2 aliphatic heterocycles. The van der Waals surface area contributed by atoms with Crippen molar-refractivity contribution in [3.8, 4) is 6.07 Å². The van der Waals surface area contributed by atoms with Gasteiger partial charge in [-0.2, -0.15) is 5.26 Å². The van der Waals surface area contributed by atoms with E-state index in [1.807, 2.05) is 6.07 Å². The van der Waals surface area contributed by atoms with Gasteiger partial charge in [0, 0.05) is 31.7 Å². The monoisotopic (exact) mass is 246 g/mol. The van der Waals surface area contributed by atoms with Gasteiger partial charge in [-0.3, -0.25) is 0 Å². The SMILES string of the molecule is N#Cc1ccc(N2CC3(CCOCC3)C2)c(F)c1. The summed E-state index contributed by atoms with van der Waals surface area (Å²) in [6.45, 7) is 3.45. The summed E-state index contributed by atoms with van der Waals surface area (Å²) < 4.78 is 19.2. The standard InChI is InChI=1S/C14H15FN2O/c15-12-7-11(8-16)1-2-13(12)17-9-14(10-17)3-5-18-6-4-14/h1-2,7H,3-6,9-10H2. The second kappa shape index (κ2) is 4.25. The fourth-order valence-electron chi connectivity index (χ4n) is 2.89. The molecule has 4 heteroatoms. The Kier molecular flexibility index (Phi) is 2.71. The fourth-order valence-corrected chi connectivity index (χ4v) is 2.89. The highest BCUT2D eigenvalue weighted by molar-refractivity contribution is 5.53. The summed E-state index contributed by atoms with van der Waals surface area (Å²) in [6.07, 6.45) is 2.14. The Morgan fingerprint density at radius 2 is 2.00 bits per heavy atom. The lowest BCUT2D eigenvalue weighted by Crippen LogP contribution is -2.58. The van der Waals surface area contributed by atoms with E-state index < -0.39 is 0 Å². The second-order valence-electron chi connectivity index (χ2n) is 5.25. The molecule has 2 saturated heterocycles. The minimum Gasteiger partial charge on any atom is -0.381 e. The number of ether oxygens (including phenoxy) is 1. The minimum absolute atomic E-state index is 0.295. The molecule has 1 aromatic rings. The number of nitriles is 1. The molecule has 0 radical (unpaired) electrons. The summed E-state index contributed by atoms with van der Waals surface area (Å²) >= 11 is 0. The minimum atomic E-state index is -0.295. The first kappa shape index (κ1) is 11.5. The molecule has 0 bridgehead atoms. The second-order valence-corrected chi connectivity index (χ2v) is 5.25. The van der Waals surface area contributed by atoms with Crippen LogP contribution in [0.4, 0.5) is 10.1 Å². The van der Waals surface area contributed by atoms with Gasteiger partial charge in [-0.05, 0) is 31.0 Å². The molecule has 2 fully saturated rings. The highest BCUT2D eigenvalue weighted by Crippen LogP contribution is 2.42. The molecule has 3 rings (SSSR count). The van der Waals surface area contributed by atoms with Gasteiger partial charge < -0.3 is 9.64 Å². The maximum atomic E-state index is 13.8. The van der Waals surface area contributed by atoms with E-state index in [0.29, 0.717) is 16.7 Å². The molecule has 0 saturated carbocycles. The molecule has 3 nitrogen and oxygen atoms in total. The predicted molar refractivity (Wildman–Crippen MR) is 65.8 cm³/mol. The molecule has 0 aromatic heterocycles. The first-order valence-electron chi connectivity index (χ1n) is 6.25. The van der Waals surface area contributed by atoms with Gasteiger partial charge in [0.2, 0.25) is 0 Å². The summed E-state index contributed by atoms with van der Waals surface area (Å²) in [5.74, 6) is -0.295. The molecule has 0 unspecified atom stereocenters. The molecule has 0 amide bonds. The third-order valence-electron chi connectivity index (χ3n) is 4.02. The van der Waals surface area contributed by atoms with Crippen molar-refractivity contribution in [3.63, 3.8) is 0 Å². The number of halogens is 1. The Morgan fingerprint density at radius 1 is 1.28 bits per heavy atom. The fraction of sp³-hybridized carbons (Fsp3) is 0.500. The molecule has 94 valence electrons. The highest BCUT2D eigenvalue weighted by atomic mass is 19.1. The molecule has 2 heterocycles. The lowest BCUT2D eigenvalue weighted by molar-refractivity contribution is -0.000386. The highest BCUT2D eigenvalue weighted by Gasteiger charge is 2.44. The molecular weight excluding hydrogens is 231 g/mol. The molecule has 1 aromatic carbocycles. The first-order valence-corrected chi connectivity index (χ1v) is 6.25. The molecule has 0 N–H and O–H groups in total. The van der Waals surface area contributed by atoms with Crippen LogP contribution in [0, 0.1) is 22.6 Å². The van der Waals surface area contributed by atoms with Crippen LogP contribution in [0.3, 0.4) is 0 Å². The number of anilines is 1. The van der Waals surface area contributed by atoms with Crippen molar-refractivity contribution in [2.75, 3.05) is 31.2 Å². The van der Waals surface area contributed by atoms with Crippen LogP contribution in [0.5, 0.6) is 0 Å². The summed E-state index contributed by atoms with van der Waals surface area (Å²) in [5, 5.41) is 8.72. The number of hydrogen-bond donors (Lipinski definition) is 0. The Labute approximate surface area is 106 Å². The molecule has 0 aliphatic carbocycles. The van der Waals surface area contributed by atoms with Crippen molar-refractivity contribution in [2.45, 2.75) is 12.8 Å². The normalized spacial score (nSPS) is 21.4. The number of benzene rings is 1. The van der Waals surface area contributed by atoms with Crippen LogP contribution < -0.4 is 4.90 Å². The summed E-state index contributed by atoms with van der Waals surface area (Å²) in [5.41, 5.74) is 1.32. The zero-order chi connectivity index (χ0) is 12.6. The van der Waals surface area contributed by atoms with Gasteiger partial charge in [0.25, 0.3) is 0 Å². The lowest BCUT2D eigenvalue weighted by atomic mass is 9.73. The van der Waals surface area contributed by atoms with Crippen LogP contribution in [0.25, 0.3) is 0 Å². The van der Waals surface area contributed by atoms with Gasteiger partial charge in [0.15, 0.2) is 0 Å². The number of hydrogen-bond acceptors (Lipinski definition) is 3. The van der Waals surface area contributed by atoms with Crippen LogP contribution in [0.1, 0.15) is 18.4 Å². The van der Waals surface area contributed by atoms with Crippen LogP contribution in [0.2, 0.25) is 0 Å². The zero-order valence-corrected chi connectivity index (χ0v) is 10.2. The van der Waals surface area contributed by atoms with Crippen molar-refractivity contribution < 1.29 is 9.13 Å². The molecule has 18 heavy (non-hydrogen) atoms. The number of nitrogens with zero attached hydrogens (tertiary/aromatic N) is 2. The van der Waals surface area contributed by atoms with Crippen LogP contribution in [0.15, 0.2) is 18.2 Å². The van der Waals surface area contributed by atoms with Crippen molar-refractivity contribution in [1.29, 1.82) is 5.26 Å². The van der Waals surface area contributed by atoms with Crippen LogP contribution in [-0.2, 0) is 4.74 Å². The van der Waals surface area contributed by atoms with Gasteiger partial charge in [0.1, 0.15) is 5.82 Å². The Balaban J connectivity index is 1.73. The maximum Gasteiger partial charge on any atom is 0.147 e. The smallest absolute Gasteiger partial charge is 0.147 e. The Hall–Kier alpha value is -1.60. The van der Waals surface area contributed by atoms with E-state index in [0.717, 1.165) is 39.1 Å². The molecule has 2 aliphatic rings. The summed E-state index contributed by atoms with van der Waals surface area (Å²) in [6, 6.07) is 6.64. The van der Waals surface area contributed by atoms with E-state index >= 15 is 0 Å². The third kappa shape index (κ3) is 1.85. The first-order chi connectivity index (χ1) is 8.72. The van der Waals surface area contributed by atoms with Crippen molar-refractivity contribution in [3.05, 3.63) is 29.6 Å². The quantitative estimate of drug-likeness (QED) is 0.763. The molecule has 1 spiro atoms. The Morgan fingerprint density at radius 3 is 2.61 bits per heavy atom. The van der Waals surface area contributed by atoms with E-state index in [2.05, 4.69) is 4.90 Å².